The van der Waals surface area contributed by atoms with Crippen LogP contribution in [0.15, 0.2) is 12.4 Å². The van der Waals surface area contributed by atoms with Crippen LogP contribution in [-0.4, -0.2) is 41.3 Å². The van der Waals surface area contributed by atoms with E-state index in [1.807, 2.05) is 6.07 Å². The molecule has 1 saturated heterocycles. The molecular weight excluding hydrogens is 228 g/mol. The monoisotopic (exact) mass is 250 g/mol. The van der Waals surface area contributed by atoms with Crippen molar-refractivity contribution in [3.8, 4) is 0 Å². The number of hydrogen-bond acceptors (Lipinski definition) is 5. The van der Waals surface area contributed by atoms with Gasteiger partial charge in [0.05, 0.1) is 0 Å². The Morgan fingerprint density at radius 3 is 3.17 bits per heavy atom. The Morgan fingerprint density at radius 2 is 2.39 bits per heavy atom. The van der Waals surface area contributed by atoms with Gasteiger partial charge in [0.25, 0.3) is 0 Å². The second-order valence-electron chi connectivity index (χ2n) is 4.83. The summed E-state index contributed by atoms with van der Waals surface area (Å²) in [6, 6.07) is 2.00. The van der Waals surface area contributed by atoms with Gasteiger partial charge in [0.2, 0.25) is 0 Å². The maximum absolute atomic E-state index is 9.25. The first kappa shape index (κ1) is 13.1. The van der Waals surface area contributed by atoms with Crippen LogP contribution in [0.2, 0.25) is 0 Å². The molecule has 2 N–H and O–H groups in total. The van der Waals surface area contributed by atoms with Crippen molar-refractivity contribution in [3.05, 3.63) is 12.4 Å². The molecule has 1 aromatic heterocycles. The highest BCUT2D eigenvalue weighted by Gasteiger charge is 2.20. The van der Waals surface area contributed by atoms with Crippen LogP contribution in [0.25, 0.3) is 0 Å². The molecule has 1 aliphatic heterocycles. The quantitative estimate of drug-likeness (QED) is 0.829. The molecular formula is C13H22N4O. The van der Waals surface area contributed by atoms with Crippen LogP contribution in [0.5, 0.6) is 0 Å². The second-order valence-corrected chi connectivity index (χ2v) is 4.83. The molecule has 0 aliphatic carbocycles. The fraction of sp³-hybridized carbons (Fsp3) is 0.692. The number of anilines is 2. The molecule has 2 rings (SSSR count). The Labute approximate surface area is 108 Å². The first-order valence-electron chi connectivity index (χ1n) is 6.75. The summed E-state index contributed by atoms with van der Waals surface area (Å²) in [6.07, 6.45) is 4.91. The summed E-state index contributed by atoms with van der Waals surface area (Å²) in [5.74, 6) is 2.22. The minimum atomic E-state index is 0.266. The van der Waals surface area contributed by atoms with E-state index in [-0.39, 0.29) is 6.61 Å². The van der Waals surface area contributed by atoms with Crippen molar-refractivity contribution in [2.75, 3.05) is 36.5 Å². The number of aliphatic hydroxyl groups excluding tert-OH is 1. The maximum atomic E-state index is 9.25. The van der Waals surface area contributed by atoms with Crippen molar-refractivity contribution in [1.82, 2.24) is 9.97 Å². The Balaban J connectivity index is 2.02. The first-order valence-corrected chi connectivity index (χ1v) is 6.75. The molecule has 1 unspecified atom stereocenters. The van der Waals surface area contributed by atoms with Gasteiger partial charge in [-0.2, -0.15) is 0 Å². The Kier molecular flexibility index (Phi) is 4.75. The molecule has 0 amide bonds. The lowest BCUT2D eigenvalue weighted by atomic mass is 9.99. The Bertz CT molecular complexity index is 372. The zero-order valence-corrected chi connectivity index (χ0v) is 11.0. The first-order chi connectivity index (χ1) is 8.83. The largest absolute Gasteiger partial charge is 0.396 e. The number of aromatic nitrogens is 2. The SMILES string of the molecule is CCCNc1cc(N2CCCC(CO)C2)ncn1. The van der Waals surface area contributed by atoms with Crippen LogP contribution >= 0.6 is 0 Å². The molecule has 0 saturated carbocycles. The summed E-state index contributed by atoms with van der Waals surface area (Å²) in [6.45, 7) is 5.23. The summed E-state index contributed by atoms with van der Waals surface area (Å²) in [7, 11) is 0. The number of aliphatic hydroxyl groups is 1. The van der Waals surface area contributed by atoms with Gasteiger partial charge in [0.15, 0.2) is 0 Å². The highest BCUT2D eigenvalue weighted by Crippen LogP contribution is 2.22. The Hall–Kier alpha value is -1.36. The molecule has 100 valence electrons. The van der Waals surface area contributed by atoms with Crippen molar-refractivity contribution >= 4 is 11.6 Å². The average molecular weight is 250 g/mol. The highest BCUT2D eigenvalue weighted by molar-refractivity contribution is 5.48. The van der Waals surface area contributed by atoms with Gasteiger partial charge in [0.1, 0.15) is 18.0 Å². The number of rotatable bonds is 5. The normalized spacial score (nSPS) is 19.9. The van der Waals surface area contributed by atoms with Gasteiger partial charge in [0, 0.05) is 32.3 Å². The van der Waals surface area contributed by atoms with Crippen LogP contribution in [0.4, 0.5) is 11.6 Å². The van der Waals surface area contributed by atoms with Crippen molar-refractivity contribution in [3.63, 3.8) is 0 Å². The molecule has 18 heavy (non-hydrogen) atoms. The van der Waals surface area contributed by atoms with Gasteiger partial charge < -0.3 is 15.3 Å². The van der Waals surface area contributed by atoms with Crippen molar-refractivity contribution in [2.45, 2.75) is 26.2 Å². The van der Waals surface area contributed by atoms with E-state index in [0.29, 0.717) is 5.92 Å². The van der Waals surface area contributed by atoms with Gasteiger partial charge >= 0.3 is 0 Å². The lowest BCUT2D eigenvalue weighted by Crippen LogP contribution is -2.37. The standard InChI is InChI=1S/C13H22N4O/c1-2-5-14-12-7-13(16-10-15-12)17-6-3-4-11(8-17)9-18/h7,10-11,18H,2-6,8-9H2,1H3,(H,14,15,16). The van der Waals surface area contributed by atoms with Gasteiger partial charge in [-0.05, 0) is 25.2 Å². The van der Waals surface area contributed by atoms with Crippen molar-refractivity contribution in [1.29, 1.82) is 0 Å². The molecule has 0 radical (unpaired) electrons. The molecule has 1 atom stereocenters. The molecule has 0 spiro atoms. The average Bonchev–Trinajstić information content (AvgIpc) is 2.45. The third kappa shape index (κ3) is 3.32. The van der Waals surface area contributed by atoms with E-state index in [0.717, 1.165) is 50.5 Å². The van der Waals surface area contributed by atoms with Crippen LogP contribution in [-0.2, 0) is 0 Å². The third-order valence-electron chi connectivity index (χ3n) is 3.31. The van der Waals surface area contributed by atoms with Gasteiger partial charge in [-0.25, -0.2) is 9.97 Å². The number of piperidine rings is 1. The molecule has 0 aromatic carbocycles. The Morgan fingerprint density at radius 1 is 1.50 bits per heavy atom. The van der Waals surface area contributed by atoms with E-state index in [9.17, 15) is 5.11 Å². The van der Waals surface area contributed by atoms with Gasteiger partial charge in [-0.3, -0.25) is 0 Å². The summed E-state index contributed by atoms with van der Waals surface area (Å²) < 4.78 is 0. The van der Waals surface area contributed by atoms with Crippen LogP contribution in [0.1, 0.15) is 26.2 Å². The zero-order chi connectivity index (χ0) is 12.8. The summed E-state index contributed by atoms with van der Waals surface area (Å²) in [5, 5.41) is 12.5. The number of nitrogens with zero attached hydrogens (tertiary/aromatic N) is 3. The van der Waals surface area contributed by atoms with E-state index < -0.39 is 0 Å². The fourth-order valence-electron chi connectivity index (χ4n) is 2.29. The molecule has 5 nitrogen and oxygen atoms in total. The van der Waals surface area contributed by atoms with Crippen LogP contribution < -0.4 is 10.2 Å². The van der Waals surface area contributed by atoms with Crippen molar-refractivity contribution in [2.24, 2.45) is 5.92 Å². The molecule has 1 aromatic rings. The summed E-state index contributed by atoms with van der Waals surface area (Å²) >= 11 is 0. The molecule has 0 bridgehead atoms. The van der Waals surface area contributed by atoms with E-state index in [2.05, 4.69) is 27.1 Å². The fourth-order valence-corrected chi connectivity index (χ4v) is 2.29. The van der Waals surface area contributed by atoms with Gasteiger partial charge in [-0.1, -0.05) is 6.92 Å². The van der Waals surface area contributed by atoms with E-state index in [1.165, 1.54) is 0 Å². The van der Waals surface area contributed by atoms with E-state index in [4.69, 9.17) is 0 Å². The maximum Gasteiger partial charge on any atom is 0.134 e. The predicted molar refractivity (Wildman–Crippen MR) is 72.8 cm³/mol. The number of nitrogens with one attached hydrogen (secondary N) is 1. The van der Waals surface area contributed by atoms with Crippen LogP contribution in [0, 0.1) is 5.92 Å². The third-order valence-corrected chi connectivity index (χ3v) is 3.31. The lowest BCUT2D eigenvalue weighted by molar-refractivity contribution is 0.208. The molecule has 1 fully saturated rings. The second kappa shape index (κ2) is 6.54. The minimum Gasteiger partial charge on any atom is -0.396 e. The van der Waals surface area contributed by atoms with Crippen molar-refractivity contribution < 1.29 is 5.11 Å². The van der Waals surface area contributed by atoms with Gasteiger partial charge in [-0.15, -0.1) is 0 Å². The van der Waals surface area contributed by atoms with Crippen LogP contribution in [0.3, 0.4) is 0 Å². The lowest BCUT2D eigenvalue weighted by Gasteiger charge is -2.32. The summed E-state index contributed by atoms with van der Waals surface area (Å²) in [4.78, 5) is 10.8. The highest BCUT2D eigenvalue weighted by atomic mass is 16.3. The van der Waals surface area contributed by atoms with E-state index in [1.54, 1.807) is 6.33 Å². The summed E-state index contributed by atoms with van der Waals surface area (Å²) in [5.41, 5.74) is 0. The zero-order valence-electron chi connectivity index (χ0n) is 11.0. The topological polar surface area (TPSA) is 61.3 Å². The molecule has 2 heterocycles. The minimum absolute atomic E-state index is 0.266. The predicted octanol–water partition coefficient (Wildman–Crippen LogP) is 1.51. The number of hydrogen-bond donors (Lipinski definition) is 2. The smallest absolute Gasteiger partial charge is 0.134 e. The molecule has 1 aliphatic rings. The molecule has 5 heteroatoms. The van der Waals surface area contributed by atoms with E-state index >= 15 is 0 Å².